The van der Waals surface area contributed by atoms with Crippen LogP contribution < -0.4 is 0 Å². The Morgan fingerprint density at radius 2 is 1.91 bits per heavy atom. The van der Waals surface area contributed by atoms with Crippen molar-refractivity contribution < 1.29 is 13.9 Å². The summed E-state index contributed by atoms with van der Waals surface area (Å²) in [6, 6.07) is 3.31. The van der Waals surface area contributed by atoms with Crippen molar-refractivity contribution in [2.24, 2.45) is 0 Å². The highest BCUT2D eigenvalue weighted by atomic mass is 19.1. The highest BCUT2D eigenvalue weighted by Gasteiger charge is 2.12. The molecule has 22 heavy (non-hydrogen) atoms. The molecule has 3 nitrogen and oxygen atoms in total. The van der Waals surface area contributed by atoms with Crippen LogP contribution in [0.4, 0.5) is 4.39 Å². The molecule has 0 fully saturated rings. The van der Waals surface area contributed by atoms with E-state index in [1.165, 1.54) is 20.1 Å². The number of pyridine rings is 1. The van der Waals surface area contributed by atoms with Crippen molar-refractivity contribution in [1.82, 2.24) is 4.98 Å². The Kier molecular flexibility index (Phi) is 14.2. The maximum atomic E-state index is 12.9. The van der Waals surface area contributed by atoms with Gasteiger partial charge < -0.3 is 4.74 Å². The number of halogens is 1. The van der Waals surface area contributed by atoms with Crippen molar-refractivity contribution in [3.05, 3.63) is 53.1 Å². The predicted molar refractivity (Wildman–Crippen MR) is 90.6 cm³/mol. The molecule has 1 heterocycles. The number of carbonyl (C=O) groups excluding carboxylic acids is 1. The fourth-order valence-corrected chi connectivity index (χ4v) is 1.56. The van der Waals surface area contributed by atoms with Gasteiger partial charge in [-0.05, 0) is 37.6 Å². The topological polar surface area (TPSA) is 39.2 Å². The van der Waals surface area contributed by atoms with Crippen LogP contribution in [0.25, 0.3) is 0 Å². The molecule has 4 heteroatoms. The molecule has 1 aromatic heterocycles. The first kappa shape index (κ1) is 22.3. The molecule has 0 aliphatic rings. The Bertz CT molecular complexity index is 490. The molecule has 0 unspecified atom stereocenters. The van der Waals surface area contributed by atoms with Gasteiger partial charge in [0.05, 0.1) is 24.2 Å². The maximum Gasteiger partial charge on any atom is 0.339 e. The van der Waals surface area contributed by atoms with Crippen LogP contribution in [0.15, 0.2) is 41.9 Å². The zero-order chi connectivity index (χ0) is 17.5. The van der Waals surface area contributed by atoms with Crippen LogP contribution >= 0.6 is 0 Å². The van der Waals surface area contributed by atoms with Crippen LogP contribution in [0, 0.1) is 0 Å². The number of aromatic nitrogens is 1. The van der Waals surface area contributed by atoms with E-state index in [4.69, 9.17) is 0 Å². The van der Waals surface area contributed by atoms with Crippen molar-refractivity contribution in [1.29, 1.82) is 0 Å². The van der Waals surface area contributed by atoms with E-state index in [0.29, 0.717) is 17.7 Å². The Morgan fingerprint density at radius 3 is 2.36 bits per heavy atom. The molecule has 1 aromatic rings. The summed E-state index contributed by atoms with van der Waals surface area (Å²) in [6.45, 7) is 11.2. The minimum absolute atomic E-state index is 0.279. The number of nitrogens with zero attached hydrogens (tertiary/aromatic N) is 1. The van der Waals surface area contributed by atoms with Crippen LogP contribution in [0.5, 0.6) is 0 Å². The molecule has 0 bridgehead atoms. The van der Waals surface area contributed by atoms with Gasteiger partial charge in [0.1, 0.15) is 0 Å². The molecule has 0 saturated carbocycles. The first-order valence-electron chi connectivity index (χ1n) is 7.59. The molecule has 0 amide bonds. The van der Waals surface area contributed by atoms with E-state index in [1.807, 2.05) is 34.6 Å². The van der Waals surface area contributed by atoms with Crippen LogP contribution in [-0.2, 0) is 11.2 Å². The van der Waals surface area contributed by atoms with Gasteiger partial charge in [-0.1, -0.05) is 33.8 Å². The lowest BCUT2D eigenvalue weighted by Gasteiger charge is -2.07. The molecule has 0 spiro atoms. The molecule has 1 rings (SSSR count). The zero-order valence-corrected chi connectivity index (χ0v) is 14.7. The zero-order valence-electron chi connectivity index (χ0n) is 14.7. The summed E-state index contributed by atoms with van der Waals surface area (Å²) in [5.41, 5.74) is 1.75. The Hall–Kier alpha value is -1.97. The molecule has 0 aromatic carbocycles. The molecule has 0 saturated heterocycles. The number of hydrogen-bond acceptors (Lipinski definition) is 3. The average Bonchev–Trinajstić information content (AvgIpc) is 2.57. The molecular weight excluding hydrogens is 281 g/mol. The number of hydrogen-bond donors (Lipinski definition) is 0. The first-order valence-corrected chi connectivity index (χ1v) is 7.59. The predicted octanol–water partition coefficient (Wildman–Crippen LogP) is 5.28. The van der Waals surface area contributed by atoms with E-state index in [-0.39, 0.29) is 5.83 Å². The molecule has 124 valence electrons. The molecule has 0 N–H and O–H groups in total. The largest absolute Gasteiger partial charge is 0.465 e. The number of methoxy groups -OCH3 is 1. The third-order valence-electron chi connectivity index (χ3n) is 2.42. The van der Waals surface area contributed by atoms with Gasteiger partial charge in [0.15, 0.2) is 0 Å². The molecular formula is C18H28FNO2. The Labute approximate surface area is 133 Å². The average molecular weight is 309 g/mol. The fourth-order valence-electron chi connectivity index (χ4n) is 1.56. The number of carbonyl (C=O) groups is 1. The van der Waals surface area contributed by atoms with Gasteiger partial charge in [0, 0.05) is 12.6 Å². The Morgan fingerprint density at radius 1 is 1.32 bits per heavy atom. The third-order valence-corrected chi connectivity index (χ3v) is 2.42. The van der Waals surface area contributed by atoms with Crippen molar-refractivity contribution in [3.63, 3.8) is 0 Å². The second-order valence-corrected chi connectivity index (χ2v) is 3.76. The normalized spacial score (nSPS) is 10.7. The first-order chi connectivity index (χ1) is 10.6. The second kappa shape index (κ2) is 14.0. The summed E-state index contributed by atoms with van der Waals surface area (Å²) in [5, 5.41) is 0. The van der Waals surface area contributed by atoms with Crippen molar-refractivity contribution in [2.75, 3.05) is 7.11 Å². The summed E-state index contributed by atoms with van der Waals surface area (Å²) in [7, 11) is 1.32. The van der Waals surface area contributed by atoms with Gasteiger partial charge in [-0.3, -0.25) is 4.98 Å². The van der Waals surface area contributed by atoms with Gasteiger partial charge >= 0.3 is 5.97 Å². The minimum atomic E-state index is -0.436. The molecule has 0 aliphatic carbocycles. The quantitative estimate of drug-likeness (QED) is 0.561. The van der Waals surface area contributed by atoms with Gasteiger partial charge in [-0.25, -0.2) is 9.18 Å². The SMILES string of the molecule is C/C=C(\C=C(/C)F)Cc1ncccc1C(=O)OC.CC.CC. The number of rotatable bonds is 4. The standard InChI is InChI=1S/C14H16FNO2.2C2H6/c1-4-11(8-10(2)15)9-13-12(14(17)18-3)6-5-7-16-13;2*1-2/h4-8H,9H2,1-3H3;2*1-2H3/b10-8+,11-4+;;. The number of ether oxygens (including phenoxy) is 1. The van der Waals surface area contributed by atoms with Crippen molar-refractivity contribution >= 4 is 5.97 Å². The van der Waals surface area contributed by atoms with Crippen molar-refractivity contribution in [2.45, 2.75) is 48.0 Å². The number of allylic oxidation sites excluding steroid dienone is 4. The minimum Gasteiger partial charge on any atom is -0.465 e. The van der Waals surface area contributed by atoms with Gasteiger partial charge in [-0.2, -0.15) is 0 Å². The van der Waals surface area contributed by atoms with Gasteiger partial charge in [-0.15, -0.1) is 0 Å². The van der Waals surface area contributed by atoms with Crippen LogP contribution in [0.2, 0.25) is 0 Å². The summed E-state index contributed by atoms with van der Waals surface area (Å²) >= 11 is 0. The van der Waals surface area contributed by atoms with Gasteiger partial charge in [0.25, 0.3) is 0 Å². The smallest absolute Gasteiger partial charge is 0.339 e. The Balaban J connectivity index is 0. The van der Waals surface area contributed by atoms with E-state index in [0.717, 1.165) is 5.57 Å². The third kappa shape index (κ3) is 8.35. The second-order valence-electron chi connectivity index (χ2n) is 3.76. The number of esters is 1. The monoisotopic (exact) mass is 309 g/mol. The highest BCUT2D eigenvalue weighted by Crippen LogP contribution is 2.14. The van der Waals surface area contributed by atoms with E-state index in [1.54, 1.807) is 24.4 Å². The summed E-state index contributed by atoms with van der Waals surface area (Å²) in [5.74, 6) is -0.715. The van der Waals surface area contributed by atoms with E-state index < -0.39 is 5.97 Å². The van der Waals surface area contributed by atoms with Crippen LogP contribution in [-0.4, -0.2) is 18.1 Å². The summed E-state index contributed by atoms with van der Waals surface area (Å²) < 4.78 is 17.6. The van der Waals surface area contributed by atoms with Crippen molar-refractivity contribution in [3.8, 4) is 0 Å². The van der Waals surface area contributed by atoms with E-state index in [2.05, 4.69) is 9.72 Å². The summed E-state index contributed by atoms with van der Waals surface area (Å²) in [6.07, 6.45) is 5.21. The lowest BCUT2D eigenvalue weighted by atomic mass is 10.0. The molecule has 0 aliphatic heterocycles. The lowest BCUT2D eigenvalue weighted by Crippen LogP contribution is -2.08. The van der Waals surface area contributed by atoms with Crippen LogP contribution in [0.3, 0.4) is 0 Å². The fraction of sp³-hybridized carbons (Fsp3) is 0.444. The van der Waals surface area contributed by atoms with Gasteiger partial charge in [0.2, 0.25) is 0 Å². The summed E-state index contributed by atoms with van der Waals surface area (Å²) in [4.78, 5) is 15.7. The lowest BCUT2D eigenvalue weighted by molar-refractivity contribution is 0.0599. The van der Waals surface area contributed by atoms with E-state index in [9.17, 15) is 9.18 Å². The maximum absolute atomic E-state index is 12.9. The molecule has 0 atom stereocenters. The highest BCUT2D eigenvalue weighted by molar-refractivity contribution is 5.90. The van der Waals surface area contributed by atoms with Crippen LogP contribution in [0.1, 0.15) is 57.6 Å². The molecule has 0 radical (unpaired) electrons. The van der Waals surface area contributed by atoms with E-state index >= 15 is 0 Å².